The van der Waals surface area contributed by atoms with Crippen LogP contribution in [0.4, 0.5) is 0 Å². The molecular formula is C18H21ClO2. The largest absolute Gasteiger partial charge is 0.496 e. The molecule has 1 unspecified atom stereocenters. The molecule has 0 N–H and O–H groups in total. The van der Waals surface area contributed by atoms with Crippen LogP contribution >= 0.6 is 11.6 Å². The zero-order valence-corrected chi connectivity index (χ0v) is 13.5. The van der Waals surface area contributed by atoms with Gasteiger partial charge in [-0.2, -0.15) is 0 Å². The summed E-state index contributed by atoms with van der Waals surface area (Å²) in [6, 6.07) is 14.1. The van der Waals surface area contributed by atoms with Crippen molar-refractivity contribution in [3.63, 3.8) is 0 Å². The van der Waals surface area contributed by atoms with E-state index in [1.54, 1.807) is 7.11 Å². The van der Waals surface area contributed by atoms with Gasteiger partial charge < -0.3 is 9.47 Å². The number of rotatable bonds is 6. The summed E-state index contributed by atoms with van der Waals surface area (Å²) < 4.78 is 11.1. The van der Waals surface area contributed by atoms with E-state index in [0.717, 1.165) is 22.6 Å². The van der Waals surface area contributed by atoms with E-state index >= 15 is 0 Å². The maximum Gasteiger partial charge on any atom is 0.123 e. The standard InChI is InChI=1S/C18H21ClO2/c1-4-21-18-10-9-13(2)11-15(18)16(19)12-14-7-5-6-8-17(14)20-3/h5-11,16H,4,12H2,1-3H3. The van der Waals surface area contributed by atoms with Gasteiger partial charge in [-0.1, -0.05) is 35.9 Å². The van der Waals surface area contributed by atoms with Crippen LogP contribution in [0.2, 0.25) is 0 Å². The predicted molar refractivity (Wildman–Crippen MR) is 87.6 cm³/mol. The minimum absolute atomic E-state index is 0.150. The summed E-state index contributed by atoms with van der Waals surface area (Å²) in [4.78, 5) is 0. The Morgan fingerprint density at radius 2 is 1.86 bits per heavy atom. The van der Waals surface area contributed by atoms with E-state index in [9.17, 15) is 0 Å². The SMILES string of the molecule is CCOc1ccc(C)cc1C(Cl)Cc1ccccc1OC. The molecule has 1 atom stereocenters. The van der Waals surface area contributed by atoms with E-state index in [4.69, 9.17) is 21.1 Å². The van der Waals surface area contributed by atoms with Gasteiger partial charge in [-0.05, 0) is 38.0 Å². The number of para-hydroxylation sites is 1. The molecule has 0 radical (unpaired) electrons. The van der Waals surface area contributed by atoms with E-state index in [2.05, 4.69) is 13.0 Å². The van der Waals surface area contributed by atoms with Crippen LogP contribution in [0.5, 0.6) is 11.5 Å². The molecule has 0 aliphatic carbocycles. The average molecular weight is 305 g/mol. The van der Waals surface area contributed by atoms with Crippen molar-refractivity contribution < 1.29 is 9.47 Å². The molecule has 3 heteroatoms. The third-order valence-electron chi connectivity index (χ3n) is 3.39. The van der Waals surface area contributed by atoms with E-state index < -0.39 is 0 Å². The summed E-state index contributed by atoms with van der Waals surface area (Å²) in [5.41, 5.74) is 3.31. The number of hydrogen-bond acceptors (Lipinski definition) is 2. The van der Waals surface area contributed by atoms with Crippen LogP contribution in [0, 0.1) is 6.92 Å². The van der Waals surface area contributed by atoms with Crippen molar-refractivity contribution >= 4 is 11.6 Å². The molecule has 0 bridgehead atoms. The Morgan fingerprint density at radius 3 is 2.57 bits per heavy atom. The molecule has 2 aromatic rings. The number of benzene rings is 2. The fourth-order valence-electron chi connectivity index (χ4n) is 2.37. The molecule has 2 nitrogen and oxygen atoms in total. The van der Waals surface area contributed by atoms with Crippen molar-refractivity contribution in [3.8, 4) is 11.5 Å². The highest BCUT2D eigenvalue weighted by atomic mass is 35.5. The predicted octanol–water partition coefficient (Wildman–Crippen LogP) is 4.92. The first-order chi connectivity index (χ1) is 10.2. The van der Waals surface area contributed by atoms with Crippen LogP contribution in [0.1, 0.15) is 29.0 Å². The number of halogens is 1. The molecule has 0 aromatic heterocycles. The second kappa shape index (κ2) is 7.37. The summed E-state index contributed by atoms with van der Waals surface area (Å²) >= 11 is 6.65. The maximum atomic E-state index is 6.65. The summed E-state index contributed by atoms with van der Waals surface area (Å²) in [7, 11) is 1.68. The lowest BCUT2D eigenvalue weighted by molar-refractivity contribution is 0.336. The van der Waals surface area contributed by atoms with E-state index in [1.165, 1.54) is 5.56 Å². The minimum atomic E-state index is -0.150. The molecule has 0 amide bonds. The molecule has 0 aliphatic heterocycles. The van der Waals surface area contributed by atoms with Gasteiger partial charge in [0.2, 0.25) is 0 Å². The zero-order valence-electron chi connectivity index (χ0n) is 12.7. The second-order valence-corrected chi connectivity index (χ2v) is 5.48. The Balaban J connectivity index is 2.27. The summed E-state index contributed by atoms with van der Waals surface area (Å²) in [6.07, 6.45) is 0.703. The molecule has 2 rings (SSSR count). The number of hydrogen-bond donors (Lipinski definition) is 0. The lowest BCUT2D eigenvalue weighted by Gasteiger charge is -2.17. The lowest BCUT2D eigenvalue weighted by atomic mass is 10.0. The van der Waals surface area contributed by atoms with Crippen molar-refractivity contribution in [1.82, 2.24) is 0 Å². The minimum Gasteiger partial charge on any atom is -0.496 e. The van der Waals surface area contributed by atoms with Gasteiger partial charge in [0.25, 0.3) is 0 Å². The lowest BCUT2D eigenvalue weighted by Crippen LogP contribution is -2.03. The fraction of sp³-hybridized carbons (Fsp3) is 0.333. The van der Waals surface area contributed by atoms with E-state index in [-0.39, 0.29) is 5.38 Å². The fourth-order valence-corrected chi connectivity index (χ4v) is 2.71. The summed E-state index contributed by atoms with van der Waals surface area (Å²) in [5.74, 6) is 1.73. The molecular weight excluding hydrogens is 284 g/mol. The summed E-state index contributed by atoms with van der Waals surface area (Å²) in [5, 5.41) is -0.150. The molecule has 2 aromatic carbocycles. The van der Waals surface area contributed by atoms with Gasteiger partial charge in [0, 0.05) is 5.56 Å². The Morgan fingerprint density at radius 1 is 1.10 bits per heavy atom. The molecule has 112 valence electrons. The highest BCUT2D eigenvalue weighted by molar-refractivity contribution is 6.21. The zero-order chi connectivity index (χ0) is 15.2. The van der Waals surface area contributed by atoms with Gasteiger partial charge in [0.15, 0.2) is 0 Å². The number of aryl methyl sites for hydroxylation is 1. The van der Waals surface area contributed by atoms with Crippen LogP contribution in [-0.4, -0.2) is 13.7 Å². The third kappa shape index (κ3) is 3.92. The number of alkyl halides is 1. The monoisotopic (exact) mass is 304 g/mol. The van der Waals surface area contributed by atoms with Gasteiger partial charge in [-0.3, -0.25) is 0 Å². The van der Waals surface area contributed by atoms with Crippen LogP contribution in [0.3, 0.4) is 0 Å². The van der Waals surface area contributed by atoms with Crippen LogP contribution in [-0.2, 0) is 6.42 Å². The molecule has 0 saturated carbocycles. The number of methoxy groups -OCH3 is 1. The molecule has 0 fully saturated rings. The second-order valence-electron chi connectivity index (χ2n) is 4.96. The summed E-state index contributed by atoms with van der Waals surface area (Å²) in [6.45, 7) is 4.67. The van der Waals surface area contributed by atoms with Crippen molar-refractivity contribution in [3.05, 3.63) is 59.2 Å². The third-order valence-corrected chi connectivity index (χ3v) is 3.78. The van der Waals surface area contributed by atoms with Crippen LogP contribution in [0.15, 0.2) is 42.5 Å². The first-order valence-electron chi connectivity index (χ1n) is 7.15. The van der Waals surface area contributed by atoms with Gasteiger partial charge >= 0.3 is 0 Å². The van der Waals surface area contributed by atoms with Crippen LogP contribution < -0.4 is 9.47 Å². The molecule has 0 spiro atoms. The van der Waals surface area contributed by atoms with Gasteiger partial charge in [0.1, 0.15) is 11.5 Å². The average Bonchev–Trinajstić information content (AvgIpc) is 2.49. The van der Waals surface area contributed by atoms with Crippen molar-refractivity contribution in [2.75, 3.05) is 13.7 Å². The van der Waals surface area contributed by atoms with Gasteiger partial charge in [-0.25, -0.2) is 0 Å². The Labute approximate surface area is 131 Å². The molecule has 21 heavy (non-hydrogen) atoms. The van der Waals surface area contributed by atoms with Crippen LogP contribution in [0.25, 0.3) is 0 Å². The Bertz CT molecular complexity index is 596. The highest BCUT2D eigenvalue weighted by Gasteiger charge is 2.16. The Kier molecular flexibility index (Phi) is 5.51. The maximum absolute atomic E-state index is 6.65. The molecule has 0 heterocycles. The quantitative estimate of drug-likeness (QED) is 0.705. The Hall–Kier alpha value is -1.67. The molecule has 0 saturated heterocycles. The number of ether oxygens (including phenoxy) is 2. The van der Waals surface area contributed by atoms with Crippen molar-refractivity contribution in [2.45, 2.75) is 25.6 Å². The van der Waals surface area contributed by atoms with Gasteiger partial charge in [0.05, 0.1) is 19.1 Å². The van der Waals surface area contributed by atoms with E-state index in [0.29, 0.717) is 13.0 Å². The van der Waals surface area contributed by atoms with Gasteiger partial charge in [-0.15, -0.1) is 11.6 Å². The first kappa shape index (κ1) is 15.7. The smallest absolute Gasteiger partial charge is 0.123 e. The van der Waals surface area contributed by atoms with Crippen molar-refractivity contribution in [1.29, 1.82) is 0 Å². The topological polar surface area (TPSA) is 18.5 Å². The first-order valence-corrected chi connectivity index (χ1v) is 7.58. The normalized spacial score (nSPS) is 12.0. The highest BCUT2D eigenvalue weighted by Crippen LogP contribution is 2.35. The van der Waals surface area contributed by atoms with Crippen molar-refractivity contribution in [2.24, 2.45) is 0 Å². The van der Waals surface area contributed by atoms with E-state index in [1.807, 2.05) is 43.3 Å². The molecule has 0 aliphatic rings.